The van der Waals surface area contributed by atoms with E-state index in [-0.39, 0.29) is 6.04 Å². The first-order valence-corrected chi connectivity index (χ1v) is 17.2. The van der Waals surface area contributed by atoms with Crippen LogP contribution in [0.5, 0.6) is 0 Å². The Morgan fingerprint density at radius 3 is 1.80 bits per heavy atom. The molecule has 1 N–H and O–H groups in total. The molecule has 6 aromatic carbocycles. The molecule has 8 aromatic rings. The van der Waals surface area contributed by atoms with E-state index < -0.39 is 0 Å². The van der Waals surface area contributed by atoms with Crippen molar-refractivity contribution in [2.45, 2.75) is 13.0 Å². The van der Waals surface area contributed by atoms with E-state index in [1.807, 2.05) is 49.4 Å². The topological polar surface area (TPSA) is 50.7 Å². The maximum Gasteiger partial charge on any atom is 0.139 e. The minimum atomic E-state index is -0.0705. The monoisotopic (exact) mass is 658 g/mol. The van der Waals surface area contributed by atoms with E-state index >= 15 is 0 Å². The minimum absolute atomic E-state index is 0.0705. The Morgan fingerprint density at radius 2 is 1.16 bits per heavy atom. The molecule has 0 saturated heterocycles. The lowest BCUT2D eigenvalue weighted by Crippen LogP contribution is -2.37. The molecule has 1 atom stereocenters. The van der Waals surface area contributed by atoms with Gasteiger partial charge in [0.1, 0.15) is 28.2 Å². The molecule has 4 nitrogen and oxygen atoms in total. The van der Waals surface area contributed by atoms with Crippen LogP contribution >= 0.6 is 0 Å². The summed E-state index contributed by atoms with van der Waals surface area (Å²) in [6.45, 7) is 5.98. The Morgan fingerprint density at radius 1 is 0.588 bits per heavy atom. The van der Waals surface area contributed by atoms with Gasteiger partial charge in [0.2, 0.25) is 0 Å². The second-order valence-corrected chi connectivity index (χ2v) is 12.8. The van der Waals surface area contributed by atoms with Gasteiger partial charge >= 0.3 is 0 Å². The van der Waals surface area contributed by atoms with Gasteiger partial charge in [0.25, 0.3) is 0 Å². The van der Waals surface area contributed by atoms with Gasteiger partial charge in [-0.3, -0.25) is 0 Å². The average Bonchev–Trinajstić information content (AvgIpc) is 3.73. The number of furan rings is 2. The third-order valence-corrected chi connectivity index (χ3v) is 9.58. The number of nitrogens with one attached hydrogen (secondary N) is 1. The zero-order chi connectivity index (χ0) is 34.3. The lowest BCUT2D eigenvalue weighted by Gasteiger charge is -2.25. The predicted octanol–water partition coefficient (Wildman–Crippen LogP) is 12.3. The first-order valence-electron chi connectivity index (χ1n) is 17.2. The van der Waals surface area contributed by atoms with Crippen LogP contribution in [-0.2, 0) is 0 Å². The molecule has 0 radical (unpaired) electrons. The van der Waals surface area contributed by atoms with Crippen molar-refractivity contribution in [3.63, 3.8) is 0 Å². The minimum Gasteiger partial charge on any atom is -0.456 e. The first kappa shape index (κ1) is 30.4. The number of fused-ring (bicyclic) bond motifs is 6. The van der Waals surface area contributed by atoms with Crippen LogP contribution in [0.15, 0.2) is 190 Å². The fourth-order valence-electron chi connectivity index (χ4n) is 7.11. The van der Waals surface area contributed by atoms with E-state index in [1.54, 1.807) is 0 Å². The molecular weight excluding hydrogens is 625 g/mol. The van der Waals surface area contributed by atoms with Crippen molar-refractivity contribution in [3.05, 3.63) is 187 Å². The van der Waals surface area contributed by atoms with Crippen molar-refractivity contribution in [2.75, 3.05) is 0 Å². The Labute approximate surface area is 296 Å². The zero-order valence-electron chi connectivity index (χ0n) is 28.1. The molecule has 2 aromatic heterocycles. The van der Waals surface area contributed by atoms with E-state index in [9.17, 15) is 0 Å². The van der Waals surface area contributed by atoms with Gasteiger partial charge in [-0.05, 0) is 77.2 Å². The van der Waals surface area contributed by atoms with Crippen molar-refractivity contribution in [2.24, 2.45) is 4.99 Å². The number of hydrogen-bond donors (Lipinski definition) is 1. The van der Waals surface area contributed by atoms with E-state index in [0.717, 1.165) is 88.8 Å². The van der Waals surface area contributed by atoms with E-state index in [1.165, 1.54) is 5.56 Å². The Bertz CT molecular complexity index is 2740. The molecule has 0 fully saturated rings. The number of rotatable bonds is 7. The van der Waals surface area contributed by atoms with Crippen LogP contribution in [0.2, 0.25) is 0 Å². The molecule has 1 aliphatic heterocycles. The van der Waals surface area contributed by atoms with Gasteiger partial charge in [0, 0.05) is 38.7 Å². The quantitative estimate of drug-likeness (QED) is 0.173. The second-order valence-electron chi connectivity index (χ2n) is 12.8. The van der Waals surface area contributed by atoms with Crippen LogP contribution < -0.4 is 5.32 Å². The van der Waals surface area contributed by atoms with Gasteiger partial charge in [-0.1, -0.05) is 122 Å². The lowest BCUT2D eigenvalue weighted by atomic mass is 9.96. The van der Waals surface area contributed by atoms with Crippen LogP contribution in [0, 0.1) is 0 Å². The van der Waals surface area contributed by atoms with Gasteiger partial charge in [0.15, 0.2) is 0 Å². The average molecular weight is 659 g/mol. The highest BCUT2D eigenvalue weighted by atomic mass is 16.3. The summed E-state index contributed by atoms with van der Waals surface area (Å²) in [5.74, 6) is 0.836. The number of aliphatic imine (C=N–C) groups is 1. The van der Waals surface area contributed by atoms with Crippen molar-refractivity contribution in [1.82, 2.24) is 5.32 Å². The summed E-state index contributed by atoms with van der Waals surface area (Å²) >= 11 is 0. The third kappa shape index (κ3) is 5.57. The standard InChI is InChI=1S/C47H34N2O2/c1-3-12-31(13-4-2)41-28-42(49-47(48-41)32-16-9-6-10-17-32)36-19-11-18-33(24-36)35-21-23-44-38(26-35)40-27-39-37-25-34(30-14-7-5-8-15-30)20-22-43(37)50-45(39)29-46(40)51-44/h3-29,41H,1H2,2H3,(H,48,49)/b13-4-,31-12+. The van der Waals surface area contributed by atoms with Gasteiger partial charge in [0.05, 0.1) is 11.7 Å². The highest BCUT2D eigenvalue weighted by molar-refractivity contribution is 6.16. The molecule has 1 aliphatic rings. The molecule has 244 valence electrons. The van der Waals surface area contributed by atoms with Crippen LogP contribution in [0.4, 0.5) is 0 Å². The molecule has 0 amide bonds. The molecule has 3 heterocycles. The smallest absolute Gasteiger partial charge is 0.139 e. The Balaban J connectivity index is 1.13. The van der Waals surface area contributed by atoms with E-state index in [0.29, 0.717) is 0 Å². The largest absolute Gasteiger partial charge is 0.456 e. The summed E-state index contributed by atoms with van der Waals surface area (Å²) in [5, 5.41) is 7.95. The van der Waals surface area contributed by atoms with Crippen LogP contribution in [-0.4, -0.2) is 11.9 Å². The number of allylic oxidation sites excluding steroid dienone is 3. The van der Waals surface area contributed by atoms with Crippen molar-refractivity contribution >= 4 is 55.4 Å². The number of amidine groups is 1. The normalized spacial score (nSPS) is 15.1. The third-order valence-electron chi connectivity index (χ3n) is 9.58. The molecule has 9 rings (SSSR count). The van der Waals surface area contributed by atoms with E-state index in [2.05, 4.69) is 133 Å². The predicted molar refractivity (Wildman–Crippen MR) is 213 cm³/mol. The van der Waals surface area contributed by atoms with E-state index in [4.69, 9.17) is 13.8 Å². The summed E-state index contributed by atoms with van der Waals surface area (Å²) in [5.41, 5.74) is 12.0. The molecule has 1 unspecified atom stereocenters. The van der Waals surface area contributed by atoms with Crippen molar-refractivity contribution in [3.8, 4) is 22.3 Å². The zero-order valence-corrected chi connectivity index (χ0v) is 28.1. The first-order chi connectivity index (χ1) is 25.1. The molecule has 0 bridgehead atoms. The van der Waals surface area contributed by atoms with Gasteiger partial charge in [-0.25, -0.2) is 4.99 Å². The number of hydrogen-bond acceptors (Lipinski definition) is 4. The number of benzene rings is 6. The lowest BCUT2D eigenvalue weighted by molar-refractivity contribution is 0.656. The van der Waals surface area contributed by atoms with Gasteiger partial charge in [-0.2, -0.15) is 0 Å². The molecule has 0 spiro atoms. The molecular formula is C47H34N2O2. The van der Waals surface area contributed by atoms with Crippen LogP contribution in [0.25, 0.3) is 71.8 Å². The summed E-state index contributed by atoms with van der Waals surface area (Å²) in [4.78, 5) is 5.13. The Hall–Kier alpha value is -6.65. The molecule has 0 saturated carbocycles. The molecule has 51 heavy (non-hydrogen) atoms. The fraction of sp³-hybridized carbons (Fsp3) is 0.0426. The highest BCUT2D eigenvalue weighted by Crippen LogP contribution is 2.39. The summed E-state index contributed by atoms with van der Waals surface area (Å²) < 4.78 is 12.7. The summed E-state index contributed by atoms with van der Waals surface area (Å²) in [6, 6.07) is 46.4. The van der Waals surface area contributed by atoms with Gasteiger partial charge in [-0.15, -0.1) is 0 Å². The van der Waals surface area contributed by atoms with Crippen molar-refractivity contribution in [1.29, 1.82) is 0 Å². The van der Waals surface area contributed by atoms with Gasteiger partial charge < -0.3 is 14.2 Å². The second kappa shape index (κ2) is 12.7. The van der Waals surface area contributed by atoms with Crippen molar-refractivity contribution < 1.29 is 8.83 Å². The Kier molecular flexibility index (Phi) is 7.55. The maximum absolute atomic E-state index is 6.38. The molecule has 4 heteroatoms. The summed E-state index contributed by atoms with van der Waals surface area (Å²) in [7, 11) is 0. The highest BCUT2D eigenvalue weighted by Gasteiger charge is 2.21. The van der Waals surface area contributed by atoms with Crippen LogP contribution in [0.3, 0.4) is 0 Å². The number of nitrogens with zero attached hydrogens (tertiary/aromatic N) is 1. The fourth-order valence-corrected chi connectivity index (χ4v) is 7.11. The maximum atomic E-state index is 6.38. The molecule has 0 aliphatic carbocycles. The summed E-state index contributed by atoms with van der Waals surface area (Å²) in [6.07, 6.45) is 10.2. The SMILES string of the molecule is C=C/C=C(\C=C/C)C1C=C(c2cccc(-c3ccc4oc5cc6oc7ccc(-c8ccccc8)cc7c6cc5c4c3)c2)N=C(c2ccccc2)N1. The van der Waals surface area contributed by atoms with Crippen LogP contribution in [0.1, 0.15) is 18.1 Å².